The van der Waals surface area contributed by atoms with Gasteiger partial charge in [-0.15, -0.1) is 0 Å². The van der Waals surface area contributed by atoms with Crippen LogP contribution in [0.15, 0.2) is 288 Å². The zero-order valence-corrected chi connectivity index (χ0v) is 43.2. The number of aromatic nitrogens is 2. The van der Waals surface area contributed by atoms with Gasteiger partial charge in [0.1, 0.15) is 22.3 Å². The molecule has 0 spiro atoms. The number of rotatable bonds is 8. The highest BCUT2D eigenvalue weighted by Gasteiger charge is 2.27. The van der Waals surface area contributed by atoms with Crippen LogP contribution in [-0.2, 0) is 0 Å². The Morgan fingerprint density at radius 1 is 0.225 bits per heavy atom. The van der Waals surface area contributed by atoms with Crippen LogP contribution in [0.25, 0.3) is 120 Å². The highest BCUT2D eigenvalue weighted by molar-refractivity contribution is 6.35. The molecule has 0 atom stereocenters. The largest absolute Gasteiger partial charge is 0.456 e. The Balaban J connectivity index is 0.883. The van der Waals surface area contributed by atoms with Crippen molar-refractivity contribution < 1.29 is 8.83 Å². The minimum Gasteiger partial charge on any atom is -0.456 e. The Kier molecular flexibility index (Phi) is 9.61. The van der Waals surface area contributed by atoms with Gasteiger partial charge in [-0.1, -0.05) is 158 Å². The molecule has 13 aromatic carbocycles. The van der Waals surface area contributed by atoms with E-state index in [0.717, 1.165) is 122 Å². The van der Waals surface area contributed by atoms with E-state index < -0.39 is 0 Å². The van der Waals surface area contributed by atoms with Crippen LogP contribution in [0.4, 0.5) is 34.1 Å². The molecule has 0 fully saturated rings. The van der Waals surface area contributed by atoms with Gasteiger partial charge in [0.05, 0.1) is 33.4 Å². The maximum absolute atomic E-state index is 7.13. The first-order valence-corrected chi connectivity index (χ1v) is 27.2. The molecule has 374 valence electrons. The van der Waals surface area contributed by atoms with Crippen LogP contribution in [0, 0.1) is 0 Å². The molecule has 0 radical (unpaired) electrons. The number of anilines is 6. The predicted molar refractivity (Wildman–Crippen MR) is 334 cm³/mol. The van der Waals surface area contributed by atoms with Crippen molar-refractivity contribution >= 4 is 143 Å². The Bertz CT molecular complexity index is 4970. The molecule has 0 saturated carbocycles. The van der Waals surface area contributed by atoms with E-state index in [1.807, 2.05) is 0 Å². The Hall–Kier alpha value is -10.8. The quantitative estimate of drug-likeness (QED) is 0.152. The lowest BCUT2D eigenvalue weighted by Crippen LogP contribution is -2.10. The van der Waals surface area contributed by atoms with Gasteiger partial charge in [0, 0.05) is 100 Å². The smallest absolute Gasteiger partial charge is 0.138 e. The third-order valence-corrected chi connectivity index (χ3v) is 16.4. The molecule has 80 heavy (non-hydrogen) atoms. The minimum atomic E-state index is 0.804. The summed E-state index contributed by atoms with van der Waals surface area (Å²) in [5.74, 6) is 0. The van der Waals surface area contributed by atoms with E-state index in [1.54, 1.807) is 0 Å². The van der Waals surface area contributed by atoms with E-state index in [0.29, 0.717) is 0 Å². The molecule has 0 saturated heterocycles. The van der Waals surface area contributed by atoms with Crippen molar-refractivity contribution in [3.8, 4) is 11.4 Å². The second kappa shape index (κ2) is 17.3. The number of hydrogen-bond acceptors (Lipinski definition) is 4. The molecule has 17 aromatic rings. The van der Waals surface area contributed by atoms with Gasteiger partial charge < -0.3 is 27.8 Å². The molecular formula is C74H46N4O2. The molecule has 0 N–H and O–H groups in total. The van der Waals surface area contributed by atoms with Gasteiger partial charge in [0.2, 0.25) is 0 Å². The van der Waals surface area contributed by atoms with E-state index >= 15 is 0 Å². The lowest BCUT2D eigenvalue weighted by atomic mass is 9.96. The Labute approximate surface area is 459 Å². The molecule has 4 heterocycles. The molecule has 6 heteroatoms. The lowest BCUT2D eigenvalue weighted by Gasteiger charge is -2.27. The van der Waals surface area contributed by atoms with Crippen molar-refractivity contribution in [2.24, 2.45) is 0 Å². The summed E-state index contributed by atoms with van der Waals surface area (Å²) in [4.78, 5) is 4.77. The fourth-order valence-corrected chi connectivity index (χ4v) is 13.1. The minimum absolute atomic E-state index is 0.804. The van der Waals surface area contributed by atoms with Crippen molar-refractivity contribution in [2.75, 3.05) is 9.80 Å². The van der Waals surface area contributed by atoms with Crippen LogP contribution in [0.3, 0.4) is 0 Å². The van der Waals surface area contributed by atoms with E-state index in [9.17, 15) is 0 Å². The highest BCUT2D eigenvalue weighted by atomic mass is 16.3. The number of hydrogen-bond donors (Lipinski definition) is 0. The normalized spacial score (nSPS) is 12.0. The number of fused-ring (bicyclic) bond motifs is 17. The first kappa shape index (κ1) is 44.3. The molecule has 6 nitrogen and oxygen atoms in total. The molecule has 0 aliphatic heterocycles. The van der Waals surface area contributed by atoms with Gasteiger partial charge in [-0.2, -0.15) is 0 Å². The van der Waals surface area contributed by atoms with Crippen molar-refractivity contribution in [2.45, 2.75) is 0 Å². The molecule has 0 aliphatic carbocycles. The Morgan fingerprint density at radius 3 is 0.975 bits per heavy atom. The second-order valence-electron chi connectivity index (χ2n) is 20.8. The maximum Gasteiger partial charge on any atom is 0.138 e. The molecule has 0 bridgehead atoms. The van der Waals surface area contributed by atoms with Gasteiger partial charge in [0.15, 0.2) is 0 Å². The highest BCUT2D eigenvalue weighted by Crippen LogP contribution is 2.51. The third kappa shape index (κ3) is 6.54. The zero-order valence-electron chi connectivity index (χ0n) is 43.2. The van der Waals surface area contributed by atoms with E-state index in [2.05, 4.69) is 298 Å². The standard InChI is InChI=1S/C74H46N4O2/c1-5-21-47(22-6-1)75(51-37-39-63-59(43-51)55-31-17-19-35-61(55)77(63)49-25-9-3-10-26-49)65-45-69-71(57-33-15-13-29-53(57)65)73-67(79-69)41-42-68-74(73)72-58-34-16-14-30-54(58)66(46-70(72)80-68)76(48-23-7-2-8-24-48)52-38-40-64-60(44-52)56-32-18-20-36-62(56)78(64)50-27-11-4-12-28-50/h1-46H. The van der Waals surface area contributed by atoms with Gasteiger partial charge in [-0.25, -0.2) is 0 Å². The van der Waals surface area contributed by atoms with Crippen LogP contribution < -0.4 is 9.80 Å². The molecule has 4 aromatic heterocycles. The maximum atomic E-state index is 7.13. The predicted octanol–water partition coefficient (Wildman–Crippen LogP) is 20.9. The lowest BCUT2D eigenvalue weighted by molar-refractivity contribution is 0.663. The van der Waals surface area contributed by atoms with Crippen molar-refractivity contribution in [3.63, 3.8) is 0 Å². The monoisotopic (exact) mass is 1020 g/mol. The number of furan rings is 2. The van der Waals surface area contributed by atoms with E-state index in [4.69, 9.17) is 8.83 Å². The molecule has 0 unspecified atom stereocenters. The van der Waals surface area contributed by atoms with Gasteiger partial charge in [0.25, 0.3) is 0 Å². The molecular weight excluding hydrogens is 977 g/mol. The van der Waals surface area contributed by atoms with Crippen LogP contribution in [0.5, 0.6) is 0 Å². The van der Waals surface area contributed by atoms with Crippen molar-refractivity contribution in [1.82, 2.24) is 9.13 Å². The fraction of sp³-hybridized carbons (Fsp3) is 0. The van der Waals surface area contributed by atoms with Gasteiger partial charge in [-0.05, 0) is 120 Å². The van der Waals surface area contributed by atoms with Crippen LogP contribution in [0.2, 0.25) is 0 Å². The number of para-hydroxylation sites is 6. The Morgan fingerprint density at radius 2 is 0.562 bits per heavy atom. The summed E-state index contributed by atoms with van der Waals surface area (Å²) in [6.07, 6.45) is 0. The average molecular weight is 1020 g/mol. The van der Waals surface area contributed by atoms with E-state index in [1.165, 1.54) is 32.6 Å². The zero-order chi connectivity index (χ0) is 52.4. The van der Waals surface area contributed by atoms with Crippen LogP contribution in [0.1, 0.15) is 0 Å². The summed E-state index contributed by atoms with van der Waals surface area (Å²) < 4.78 is 19.0. The van der Waals surface area contributed by atoms with Crippen LogP contribution >= 0.6 is 0 Å². The first-order valence-electron chi connectivity index (χ1n) is 27.2. The number of benzene rings is 13. The molecule has 0 amide bonds. The SMILES string of the molecule is c1ccc(N(c2ccc3c(c2)c2ccccc2n3-c2ccccc2)c2cc3oc4ccc5oc6cc(N(c7ccccc7)c7ccc8c(c7)c7ccccc7n8-c7ccccc7)c7ccccc7c6c5c4c3c3ccccc23)cc1. The second-order valence-corrected chi connectivity index (χ2v) is 20.8. The summed E-state index contributed by atoms with van der Waals surface area (Å²) in [5, 5.41) is 13.4. The van der Waals surface area contributed by atoms with E-state index in [-0.39, 0.29) is 0 Å². The molecule has 0 aliphatic rings. The average Bonchev–Trinajstić information content (AvgIpc) is 4.37. The summed E-state index contributed by atoms with van der Waals surface area (Å²) >= 11 is 0. The topological polar surface area (TPSA) is 42.6 Å². The number of nitrogens with zero attached hydrogens (tertiary/aromatic N) is 4. The first-order chi connectivity index (χ1) is 39.7. The summed E-state index contributed by atoms with van der Waals surface area (Å²) in [7, 11) is 0. The van der Waals surface area contributed by atoms with Gasteiger partial charge >= 0.3 is 0 Å². The third-order valence-electron chi connectivity index (χ3n) is 16.4. The van der Waals surface area contributed by atoms with Crippen LogP contribution in [-0.4, -0.2) is 9.13 Å². The van der Waals surface area contributed by atoms with Crippen molar-refractivity contribution in [3.05, 3.63) is 279 Å². The fourth-order valence-electron chi connectivity index (χ4n) is 13.1. The molecule has 17 rings (SSSR count). The summed E-state index contributed by atoms with van der Waals surface area (Å²) in [5.41, 5.74) is 16.4. The summed E-state index contributed by atoms with van der Waals surface area (Å²) in [6.45, 7) is 0. The van der Waals surface area contributed by atoms with Gasteiger partial charge in [-0.3, -0.25) is 0 Å². The van der Waals surface area contributed by atoms with Crippen molar-refractivity contribution in [1.29, 1.82) is 0 Å². The summed E-state index contributed by atoms with van der Waals surface area (Å²) in [6, 6.07) is 100.